The summed E-state index contributed by atoms with van der Waals surface area (Å²) in [6, 6.07) is 13.7. The zero-order valence-corrected chi connectivity index (χ0v) is 11.1. The molecule has 2 aromatic carbocycles. The summed E-state index contributed by atoms with van der Waals surface area (Å²) in [4.78, 5) is 30.8. The van der Waals surface area contributed by atoms with E-state index in [1.165, 1.54) is 0 Å². The molecule has 0 spiro atoms. The molecule has 0 radical (unpaired) electrons. The molecule has 0 saturated carbocycles. The van der Waals surface area contributed by atoms with E-state index in [9.17, 15) is 9.59 Å². The van der Waals surface area contributed by atoms with Crippen LogP contribution in [0.15, 0.2) is 54.9 Å². The van der Waals surface area contributed by atoms with Gasteiger partial charge >= 0.3 is 5.97 Å². The van der Waals surface area contributed by atoms with Crippen LogP contribution in [0.2, 0.25) is 0 Å². The van der Waals surface area contributed by atoms with Gasteiger partial charge in [-0.3, -0.25) is 4.79 Å². The number of carbonyl (C=O) groups excluding carboxylic acids is 2. The van der Waals surface area contributed by atoms with Crippen molar-refractivity contribution < 1.29 is 14.3 Å². The van der Waals surface area contributed by atoms with Crippen molar-refractivity contribution in [2.75, 3.05) is 6.61 Å². The van der Waals surface area contributed by atoms with Gasteiger partial charge < -0.3 is 9.72 Å². The minimum absolute atomic E-state index is 0.230. The minimum Gasteiger partial charge on any atom is -0.454 e. The molecule has 0 fully saturated rings. The summed E-state index contributed by atoms with van der Waals surface area (Å²) in [6.45, 7) is -0.274. The third-order valence-electron chi connectivity index (χ3n) is 3.09. The smallest absolute Gasteiger partial charge is 0.338 e. The number of Topliss-reactive ketones (excluding diaryl/α,β-unsaturated/α-hetero) is 1. The van der Waals surface area contributed by atoms with Crippen molar-refractivity contribution in [2.24, 2.45) is 0 Å². The fraction of sp³-hybridized carbons (Fsp3) is 0.0625. The number of benzene rings is 2. The number of nitrogens with zero attached hydrogens (tertiary/aromatic N) is 1. The maximum Gasteiger partial charge on any atom is 0.338 e. The van der Waals surface area contributed by atoms with Gasteiger partial charge in [0, 0.05) is 5.56 Å². The zero-order chi connectivity index (χ0) is 14.7. The average Bonchev–Trinajstić information content (AvgIpc) is 3.00. The highest BCUT2D eigenvalue weighted by Gasteiger charge is 2.12. The van der Waals surface area contributed by atoms with E-state index in [-0.39, 0.29) is 12.4 Å². The minimum atomic E-state index is -0.532. The highest BCUT2D eigenvalue weighted by atomic mass is 16.5. The molecular formula is C16H12N2O3. The Labute approximate surface area is 120 Å². The first-order valence-electron chi connectivity index (χ1n) is 6.42. The molecule has 0 bridgehead atoms. The molecule has 0 amide bonds. The maximum atomic E-state index is 11.9. The van der Waals surface area contributed by atoms with Gasteiger partial charge in [-0.2, -0.15) is 0 Å². The van der Waals surface area contributed by atoms with E-state index in [2.05, 4.69) is 9.97 Å². The zero-order valence-electron chi connectivity index (χ0n) is 11.1. The van der Waals surface area contributed by atoms with E-state index in [1.807, 2.05) is 6.07 Å². The van der Waals surface area contributed by atoms with Crippen LogP contribution >= 0.6 is 0 Å². The van der Waals surface area contributed by atoms with Crippen LogP contribution in [0.5, 0.6) is 0 Å². The molecule has 0 aliphatic heterocycles. The molecule has 1 aromatic heterocycles. The molecule has 5 heteroatoms. The first-order valence-corrected chi connectivity index (χ1v) is 6.42. The monoisotopic (exact) mass is 280 g/mol. The van der Waals surface area contributed by atoms with Crippen molar-refractivity contribution in [3.8, 4) is 0 Å². The van der Waals surface area contributed by atoms with Crippen LogP contribution in [0.1, 0.15) is 20.7 Å². The summed E-state index contributed by atoms with van der Waals surface area (Å²) in [5, 5.41) is 0. The maximum absolute atomic E-state index is 11.9. The summed E-state index contributed by atoms with van der Waals surface area (Å²) < 4.78 is 5.05. The number of hydrogen-bond donors (Lipinski definition) is 1. The van der Waals surface area contributed by atoms with Gasteiger partial charge in [-0.15, -0.1) is 0 Å². The largest absolute Gasteiger partial charge is 0.454 e. The Morgan fingerprint density at radius 1 is 1.05 bits per heavy atom. The molecular weight excluding hydrogens is 268 g/mol. The number of fused-ring (bicyclic) bond motifs is 1. The molecule has 0 atom stereocenters. The molecule has 21 heavy (non-hydrogen) atoms. The number of carbonyl (C=O) groups is 2. The van der Waals surface area contributed by atoms with E-state index < -0.39 is 5.97 Å². The normalized spacial score (nSPS) is 10.5. The van der Waals surface area contributed by atoms with Gasteiger partial charge in [0.05, 0.1) is 22.9 Å². The van der Waals surface area contributed by atoms with Crippen molar-refractivity contribution in [2.45, 2.75) is 0 Å². The summed E-state index contributed by atoms with van der Waals surface area (Å²) in [5.74, 6) is -0.762. The van der Waals surface area contributed by atoms with E-state index in [4.69, 9.17) is 4.74 Å². The molecule has 5 nitrogen and oxygen atoms in total. The van der Waals surface area contributed by atoms with Gasteiger partial charge in [0.1, 0.15) is 0 Å². The standard InChI is InChI=1S/C16H12N2O3/c19-15(11-4-2-1-3-5-11)9-21-16(20)12-6-7-13-14(8-12)18-10-17-13/h1-8,10H,9H2,(H,17,18). The summed E-state index contributed by atoms with van der Waals surface area (Å²) in [5.41, 5.74) is 2.42. The van der Waals surface area contributed by atoms with E-state index in [1.54, 1.807) is 48.8 Å². The number of ketones is 1. The second kappa shape index (κ2) is 5.58. The third-order valence-corrected chi connectivity index (χ3v) is 3.09. The lowest BCUT2D eigenvalue weighted by molar-refractivity contribution is 0.0475. The lowest BCUT2D eigenvalue weighted by Crippen LogP contribution is -2.14. The van der Waals surface area contributed by atoms with Gasteiger partial charge in [0.2, 0.25) is 0 Å². The first kappa shape index (κ1) is 13.1. The molecule has 0 saturated heterocycles. The van der Waals surface area contributed by atoms with E-state index >= 15 is 0 Å². The van der Waals surface area contributed by atoms with Crippen molar-refractivity contribution in [3.63, 3.8) is 0 Å². The number of aromatic amines is 1. The van der Waals surface area contributed by atoms with E-state index in [0.29, 0.717) is 11.1 Å². The Morgan fingerprint density at radius 3 is 2.67 bits per heavy atom. The molecule has 1 heterocycles. The van der Waals surface area contributed by atoms with Gasteiger partial charge in [0.15, 0.2) is 12.4 Å². The predicted octanol–water partition coefficient (Wildman–Crippen LogP) is 2.60. The molecule has 0 unspecified atom stereocenters. The van der Waals surface area contributed by atoms with Crippen molar-refractivity contribution >= 4 is 22.8 Å². The fourth-order valence-corrected chi connectivity index (χ4v) is 1.98. The van der Waals surface area contributed by atoms with Crippen LogP contribution in [0.3, 0.4) is 0 Å². The Morgan fingerprint density at radius 2 is 1.86 bits per heavy atom. The molecule has 0 aliphatic carbocycles. The Bertz CT molecular complexity index is 793. The highest BCUT2D eigenvalue weighted by Crippen LogP contribution is 2.12. The lowest BCUT2D eigenvalue weighted by atomic mass is 10.1. The quantitative estimate of drug-likeness (QED) is 0.589. The molecule has 3 aromatic rings. The Kier molecular flexibility index (Phi) is 3.47. The van der Waals surface area contributed by atoms with Crippen molar-refractivity contribution in [1.82, 2.24) is 9.97 Å². The number of nitrogens with one attached hydrogen (secondary N) is 1. The van der Waals surface area contributed by atoms with Crippen LogP contribution in [0.25, 0.3) is 11.0 Å². The number of H-pyrrole nitrogens is 1. The average molecular weight is 280 g/mol. The van der Waals surface area contributed by atoms with Gasteiger partial charge in [0.25, 0.3) is 0 Å². The number of imidazole rings is 1. The number of rotatable bonds is 4. The summed E-state index contributed by atoms with van der Waals surface area (Å²) in [7, 11) is 0. The predicted molar refractivity (Wildman–Crippen MR) is 77.1 cm³/mol. The second-order valence-corrected chi connectivity index (χ2v) is 4.50. The van der Waals surface area contributed by atoms with Gasteiger partial charge in [-0.05, 0) is 18.2 Å². The highest BCUT2D eigenvalue weighted by molar-refractivity contribution is 6.00. The molecule has 1 N–H and O–H groups in total. The lowest BCUT2D eigenvalue weighted by Gasteiger charge is -2.04. The first-order chi connectivity index (χ1) is 10.2. The Hall–Kier alpha value is -2.95. The molecule has 3 rings (SSSR count). The number of ether oxygens (including phenoxy) is 1. The fourth-order valence-electron chi connectivity index (χ4n) is 1.98. The van der Waals surface area contributed by atoms with Crippen LogP contribution in [0.4, 0.5) is 0 Å². The van der Waals surface area contributed by atoms with Crippen LogP contribution in [-0.4, -0.2) is 28.3 Å². The van der Waals surface area contributed by atoms with Crippen LogP contribution in [0, 0.1) is 0 Å². The number of hydrogen-bond acceptors (Lipinski definition) is 4. The van der Waals surface area contributed by atoms with Crippen molar-refractivity contribution in [3.05, 3.63) is 66.0 Å². The Balaban J connectivity index is 1.67. The van der Waals surface area contributed by atoms with Crippen molar-refractivity contribution in [1.29, 1.82) is 0 Å². The molecule has 0 aliphatic rings. The number of esters is 1. The summed E-state index contributed by atoms with van der Waals surface area (Å²) >= 11 is 0. The van der Waals surface area contributed by atoms with E-state index in [0.717, 1.165) is 11.0 Å². The van der Waals surface area contributed by atoms with Gasteiger partial charge in [-0.25, -0.2) is 9.78 Å². The van der Waals surface area contributed by atoms with Gasteiger partial charge in [-0.1, -0.05) is 30.3 Å². The van der Waals surface area contributed by atoms with Crippen LogP contribution in [-0.2, 0) is 4.74 Å². The summed E-state index contributed by atoms with van der Waals surface area (Å²) in [6.07, 6.45) is 1.55. The van der Waals surface area contributed by atoms with Crippen LogP contribution < -0.4 is 0 Å². The SMILES string of the molecule is O=C(COC(=O)c1ccc2nc[nH]c2c1)c1ccccc1. The topological polar surface area (TPSA) is 72.1 Å². The number of aromatic nitrogens is 2. The molecule has 104 valence electrons. The second-order valence-electron chi connectivity index (χ2n) is 4.50. The third kappa shape index (κ3) is 2.81.